The van der Waals surface area contributed by atoms with Crippen LogP contribution in [-0.4, -0.2) is 16.7 Å². The predicted molar refractivity (Wildman–Crippen MR) is 77.8 cm³/mol. The lowest BCUT2D eigenvalue weighted by atomic mass is 10.3. The first-order chi connectivity index (χ1) is 9.19. The van der Waals surface area contributed by atoms with Gasteiger partial charge in [-0.25, -0.2) is 0 Å². The van der Waals surface area contributed by atoms with Gasteiger partial charge in [0.25, 0.3) is 0 Å². The van der Waals surface area contributed by atoms with Crippen LogP contribution in [0.3, 0.4) is 0 Å². The highest BCUT2D eigenvalue weighted by atomic mass is 35.5. The topological polar surface area (TPSA) is 61.0 Å². The van der Waals surface area contributed by atoms with Gasteiger partial charge in [0.05, 0.1) is 0 Å². The van der Waals surface area contributed by atoms with E-state index >= 15 is 0 Å². The summed E-state index contributed by atoms with van der Waals surface area (Å²) in [7, 11) is 0. The molecule has 0 saturated heterocycles. The number of aromatic nitrogens is 2. The molecule has 2 aromatic rings. The maximum absolute atomic E-state index is 5.92. The van der Waals surface area contributed by atoms with Crippen LogP contribution in [0, 0.1) is 0 Å². The van der Waals surface area contributed by atoms with E-state index in [1.165, 1.54) is 0 Å². The van der Waals surface area contributed by atoms with Crippen LogP contribution in [0.15, 0.2) is 24.3 Å². The molecular formula is C13H16ClN3OS. The molecule has 1 aromatic carbocycles. The number of ether oxygens (including phenoxy) is 1. The summed E-state index contributed by atoms with van der Waals surface area (Å²) in [6, 6.07) is 7.33. The molecule has 4 nitrogen and oxygen atoms in total. The van der Waals surface area contributed by atoms with E-state index in [0.717, 1.165) is 28.6 Å². The van der Waals surface area contributed by atoms with Crippen molar-refractivity contribution in [1.82, 2.24) is 10.2 Å². The van der Waals surface area contributed by atoms with Crippen LogP contribution in [-0.2, 0) is 6.42 Å². The van der Waals surface area contributed by atoms with Crippen molar-refractivity contribution in [2.24, 2.45) is 5.73 Å². The van der Waals surface area contributed by atoms with Crippen molar-refractivity contribution >= 4 is 22.9 Å². The van der Waals surface area contributed by atoms with Gasteiger partial charge in [-0.1, -0.05) is 29.0 Å². The fourth-order valence-corrected chi connectivity index (χ4v) is 2.63. The van der Waals surface area contributed by atoms with Crippen molar-refractivity contribution in [2.45, 2.75) is 25.9 Å². The molecule has 0 aliphatic carbocycles. The fraction of sp³-hybridized carbons (Fsp3) is 0.385. The van der Waals surface area contributed by atoms with E-state index < -0.39 is 0 Å². The SMILES string of the molecule is CC(Oc1cccc(Cl)c1)c1nnc(CCCN)s1. The molecule has 0 aliphatic heterocycles. The Hall–Kier alpha value is -1.17. The number of nitrogens with two attached hydrogens (primary N) is 1. The third-order valence-electron chi connectivity index (χ3n) is 2.53. The molecule has 0 spiro atoms. The summed E-state index contributed by atoms with van der Waals surface area (Å²) in [5.41, 5.74) is 5.48. The van der Waals surface area contributed by atoms with Crippen LogP contribution in [0.4, 0.5) is 0 Å². The Labute approximate surface area is 121 Å². The molecule has 1 aromatic heterocycles. The standard InChI is InChI=1S/C13H16ClN3OS/c1-9(18-11-5-2-4-10(14)8-11)13-17-16-12(19-13)6-3-7-15/h2,4-5,8-9H,3,6-7,15H2,1H3. The average molecular weight is 298 g/mol. The Morgan fingerprint density at radius 3 is 3.00 bits per heavy atom. The Kier molecular flexibility index (Phi) is 5.13. The van der Waals surface area contributed by atoms with Crippen LogP contribution in [0.25, 0.3) is 0 Å². The van der Waals surface area contributed by atoms with Crippen molar-refractivity contribution in [3.05, 3.63) is 39.3 Å². The molecule has 102 valence electrons. The molecule has 0 radical (unpaired) electrons. The van der Waals surface area contributed by atoms with Gasteiger partial charge in [-0.3, -0.25) is 0 Å². The van der Waals surface area contributed by atoms with Crippen LogP contribution in [0.5, 0.6) is 5.75 Å². The Bertz CT molecular complexity index is 532. The van der Waals surface area contributed by atoms with E-state index in [4.69, 9.17) is 22.1 Å². The third-order valence-corrected chi connectivity index (χ3v) is 3.91. The van der Waals surface area contributed by atoms with Crippen LogP contribution < -0.4 is 10.5 Å². The van der Waals surface area contributed by atoms with Crippen molar-refractivity contribution in [3.63, 3.8) is 0 Å². The van der Waals surface area contributed by atoms with Gasteiger partial charge >= 0.3 is 0 Å². The van der Waals surface area contributed by atoms with Crippen LogP contribution >= 0.6 is 22.9 Å². The maximum atomic E-state index is 5.92. The molecule has 1 atom stereocenters. The van der Waals surface area contributed by atoms with Crippen molar-refractivity contribution in [3.8, 4) is 5.75 Å². The molecule has 0 saturated carbocycles. The molecule has 2 rings (SSSR count). The van der Waals surface area contributed by atoms with Crippen LogP contribution in [0.1, 0.15) is 29.5 Å². The summed E-state index contributed by atoms with van der Waals surface area (Å²) in [6.45, 7) is 2.62. The van der Waals surface area contributed by atoms with Gasteiger partial charge in [0.2, 0.25) is 0 Å². The second kappa shape index (κ2) is 6.84. The molecule has 6 heteroatoms. The molecular weight excluding hydrogens is 282 g/mol. The van der Waals surface area contributed by atoms with Gasteiger partial charge < -0.3 is 10.5 Å². The first-order valence-electron chi connectivity index (χ1n) is 6.13. The zero-order chi connectivity index (χ0) is 13.7. The van der Waals surface area contributed by atoms with Gasteiger partial charge in [0.1, 0.15) is 16.9 Å². The Balaban J connectivity index is 1.99. The molecule has 0 aliphatic rings. The van der Waals surface area contributed by atoms with Crippen LogP contribution in [0.2, 0.25) is 5.02 Å². The average Bonchev–Trinajstić information content (AvgIpc) is 2.85. The molecule has 19 heavy (non-hydrogen) atoms. The number of hydrogen-bond acceptors (Lipinski definition) is 5. The van der Waals surface area contributed by atoms with E-state index in [2.05, 4.69) is 10.2 Å². The second-order valence-electron chi connectivity index (χ2n) is 4.14. The molecule has 1 unspecified atom stereocenters. The molecule has 2 N–H and O–H groups in total. The van der Waals surface area contributed by atoms with Gasteiger partial charge in [-0.05, 0) is 38.1 Å². The van der Waals surface area contributed by atoms with Crippen molar-refractivity contribution < 1.29 is 4.74 Å². The summed E-state index contributed by atoms with van der Waals surface area (Å²) >= 11 is 7.49. The molecule has 0 bridgehead atoms. The van der Waals surface area contributed by atoms with Gasteiger partial charge in [-0.2, -0.15) is 0 Å². The monoisotopic (exact) mass is 297 g/mol. The fourth-order valence-electron chi connectivity index (χ4n) is 1.58. The smallest absolute Gasteiger partial charge is 0.157 e. The molecule has 0 fully saturated rings. The third kappa shape index (κ3) is 4.16. The normalized spacial score (nSPS) is 12.4. The van der Waals surface area contributed by atoms with E-state index in [-0.39, 0.29) is 6.10 Å². The van der Waals surface area contributed by atoms with E-state index in [9.17, 15) is 0 Å². The van der Waals surface area contributed by atoms with Gasteiger partial charge in [0.15, 0.2) is 5.01 Å². The van der Waals surface area contributed by atoms with E-state index in [1.807, 2.05) is 25.1 Å². The zero-order valence-electron chi connectivity index (χ0n) is 10.7. The maximum Gasteiger partial charge on any atom is 0.157 e. The predicted octanol–water partition coefficient (Wildman–Crippen LogP) is 3.22. The summed E-state index contributed by atoms with van der Waals surface area (Å²) in [4.78, 5) is 0. The van der Waals surface area contributed by atoms with Crippen molar-refractivity contribution in [1.29, 1.82) is 0 Å². The summed E-state index contributed by atoms with van der Waals surface area (Å²) in [5, 5.41) is 10.8. The van der Waals surface area contributed by atoms with E-state index in [0.29, 0.717) is 11.6 Å². The minimum Gasteiger partial charge on any atom is -0.483 e. The Morgan fingerprint density at radius 2 is 2.26 bits per heavy atom. The number of aryl methyl sites for hydroxylation is 1. The lowest BCUT2D eigenvalue weighted by Crippen LogP contribution is -2.02. The zero-order valence-corrected chi connectivity index (χ0v) is 12.2. The minimum absolute atomic E-state index is 0.136. The quantitative estimate of drug-likeness (QED) is 0.889. The first-order valence-corrected chi connectivity index (χ1v) is 7.33. The minimum atomic E-state index is -0.136. The van der Waals surface area contributed by atoms with Crippen molar-refractivity contribution in [2.75, 3.05) is 6.54 Å². The highest BCUT2D eigenvalue weighted by Crippen LogP contribution is 2.26. The molecule has 1 heterocycles. The number of halogens is 1. The van der Waals surface area contributed by atoms with Gasteiger partial charge in [0, 0.05) is 11.4 Å². The first kappa shape index (κ1) is 14.2. The Morgan fingerprint density at radius 1 is 1.42 bits per heavy atom. The summed E-state index contributed by atoms with van der Waals surface area (Å²) in [5.74, 6) is 0.735. The van der Waals surface area contributed by atoms with E-state index in [1.54, 1.807) is 17.4 Å². The van der Waals surface area contributed by atoms with Gasteiger partial charge in [-0.15, -0.1) is 10.2 Å². The largest absolute Gasteiger partial charge is 0.483 e. The number of hydrogen-bond donors (Lipinski definition) is 1. The lowest BCUT2D eigenvalue weighted by Gasteiger charge is -2.11. The second-order valence-corrected chi connectivity index (χ2v) is 5.67. The highest BCUT2D eigenvalue weighted by Gasteiger charge is 2.13. The highest BCUT2D eigenvalue weighted by molar-refractivity contribution is 7.11. The lowest BCUT2D eigenvalue weighted by molar-refractivity contribution is 0.225. The number of benzene rings is 1. The molecule has 0 amide bonds. The summed E-state index contributed by atoms with van der Waals surface area (Å²) in [6.07, 6.45) is 1.67. The number of rotatable bonds is 6. The number of nitrogens with zero attached hydrogens (tertiary/aromatic N) is 2. The summed E-state index contributed by atoms with van der Waals surface area (Å²) < 4.78 is 5.80.